The Morgan fingerprint density at radius 1 is 1.19 bits per heavy atom. The molecule has 2 fully saturated rings. The summed E-state index contributed by atoms with van der Waals surface area (Å²) in [6.45, 7) is 3.27. The van der Waals surface area contributed by atoms with Gasteiger partial charge in [0.2, 0.25) is 11.8 Å². The summed E-state index contributed by atoms with van der Waals surface area (Å²) in [7, 11) is 2.05. The number of hydrogen-bond donors (Lipinski definition) is 2. The van der Waals surface area contributed by atoms with Gasteiger partial charge < -0.3 is 20.2 Å². The van der Waals surface area contributed by atoms with Crippen LogP contribution in [0.5, 0.6) is 0 Å². The fourth-order valence-electron chi connectivity index (χ4n) is 3.97. The fraction of sp³-hybridized carbons (Fsp3) is 0.600. The van der Waals surface area contributed by atoms with Crippen LogP contribution >= 0.6 is 0 Å². The minimum absolute atomic E-state index is 0.0650. The van der Waals surface area contributed by atoms with Crippen molar-refractivity contribution in [3.63, 3.8) is 0 Å². The van der Waals surface area contributed by atoms with E-state index in [9.17, 15) is 19.1 Å². The Labute approximate surface area is 159 Å². The highest BCUT2D eigenvalue weighted by molar-refractivity contribution is 5.81. The number of amides is 2. The SMILES string of the molecule is CN1CCCN(C(=O)[C@H]2C[C@H](NC(=O)Cc3ccccc3F)[C@@H](O)C2)CC1. The minimum Gasteiger partial charge on any atom is -0.391 e. The molecule has 1 aromatic rings. The Bertz CT molecular complexity index is 684. The number of benzene rings is 1. The third kappa shape index (κ3) is 5.05. The van der Waals surface area contributed by atoms with Crippen molar-refractivity contribution in [1.82, 2.24) is 15.1 Å². The van der Waals surface area contributed by atoms with Gasteiger partial charge in [-0.25, -0.2) is 4.39 Å². The van der Waals surface area contributed by atoms with Crippen molar-refractivity contribution < 1.29 is 19.1 Å². The molecule has 0 aromatic heterocycles. The van der Waals surface area contributed by atoms with E-state index < -0.39 is 18.0 Å². The van der Waals surface area contributed by atoms with Gasteiger partial charge in [0.05, 0.1) is 18.6 Å². The monoisotopic (exact) mass is 377 g/mol. The zero-order valence-electron chi connectivity index (χ0n) is 15.7. The van der Waals surface area contributed by atoms with Gasteiger partial charge in [-0.1, -0.05) is 18.2 Å². The third-order valence-electron chi connectivity index (χ3n) is 5.56. The van der Waals surface area contributed by atoms with Crippen LogP contribution in [-0.2, 0) is 16.0 Å². The Hall–Kier alpha value is -1.99. The van der Waals surface area contributed by atoms with Gasteiger partial charge in [0.25, 0.3) is 0 Å². The lowest BCUT2D eigenvalue weighted by Gasteiger charge is -2.24. The van der Waals surface area contributed by atoms with E-state index in [1.165, 1.54) is 6.07 Å². The minimum atomic E-state index is -0.752. The number of halogens is 1. The molecule has 1 aliphatic heterocycles. The largest absolute Gasteiger partial charge is 0.391 e. The van der Waals surface area contributed by atoms with Gasteiger partial charge in [-0.3, -0.25) is 9.59 Å². The molecular weight excluding hydrogens is 349 g/mol. The summed E-state index contributed by atoms with van der Waals surface area (Å²) in [6.07, 6.45) is 0.900. The smallest absolute Gasteiger partial charge is 0.225 e. The quantitative estimate of drug-likeness (QED) is 0.814. The Kier molecular flexibility index (Phi) is 6.44. The molecule has 7 heteroatoms. The Morgan fingerprint density at radius 2 is 1.96 bits per heavy atom. The van der Waals surface area contributed by atoms with Gasteiger partial charge in [0.1, 0.15) is 5.82 Å². The predicted molar refractivity (Wildman–Crippen MR) is 99.5 cm³/mol. The summed E-state index contributed by atoms with van der Waals surface area (Å²) in [4.78, 5) is 29.1. The predicted octanol–water partition coefficient (Wildman–Crippen LogP) is 0.788. The maximum absolute atomic E-state index is 13.7. The van der Waals surface area contributed by atoms with Crippen LogP contribution in [0, 0.1) is 11.7 Å². The number of carbonyl (C=O) groups excluding carboxylic acids is 2. The number of rotatable bonds is 4. The summed E-state index contributed by atoms with van der Waals surface area (Å²) in [6, 6.07) is 5.69. The average Bonchev–Trinajstić information content (AvgIpc) is 2.85. The molecule has 2 N–H and O–H groups in total. The van der Waals surface area contributed by atoms with Gasteiger partial charge in [0, 0.05) is 25.6 Å². The molecule has 148 valence electrons. The maximum Gasteiger partial charge on any atom is 0.225 e. The number of nitrogens with one attached hydrogen (secondary N) is 1. The number of nitrogens with zero attached hydrogens (tertiary/aromatic N) is 2. The lowest BCUT2D eigenvalue weighted by atomic mass is 10.1. The molecular formula is C20H28FN3O3. The zero-order valence-corrected chi connectivity index (χ0v) is 15.7. The molecule has 0 unspecified atom stereocenters. The molecule has 1 aromatic carbocycles. The number of aliphatic hydroxyl groups excluding tert-OH is 1. The van der Waals surface area contributed by atoms with Crippen molar-refractivity contribution in [3.8, 4) is 0 Å². The van der Waals surface area contributed by atoms with Crippen molar-refractivity contribution in [2.75, 3.05) is 33.2 Å². The van der Waals surface area contributed by atoms with E-state index in [1.807, 2.05) is 4.90 Å². The molecule has 6 nitrogen and oxygen atoms in total. The molecule has 0 radical (unpaired) electrons. The molecule has 3 atom stereocenters. The molecule has 1 saturated carbocycles. The van der Waals surface area contributed by atoms with Crippen LogP contribution in [0.15, 0.2) is 24.3 Å². The summed E-state index contributed by atoms with van der Waals surface area (Å²) >= 11 is 0. The first-order valence-electron chi connectivity index (χ1n) is 9.62. The number of likely N-dealkylation sites (N-methyl/N-ethyl adjacent to an activating group) is 1. The maximum atomic E-state index is 13.7. The van der Waals surface area contributed by atoms with Gasteiger partial charge >= 0.3 is 0 Å². The number of carbonyl (C=O) groups is 2. The highest BCUT2D eigenvalue weighted by Gasteiger charge is 2.39. The second-order valence-electron chi connectivity index (χ2n) is 7.66. The van der Waals surface area contributed by atoms with Gasteiger partial charge in [-0.15, -0.1) is 0 Å². The van der Waals surface area contributed by atoms with Gasteiger partial charge in [-0.2, -0.15) is 0 Å². The molecule has 27 heavy (non-hydrogen) atoms. The van der Waals surface area contributed by atoms with E-state index >= 15 is 0 Å². The summed E-state index contributed by atoms with van der Waals surface area (Å²) in [5.74, 6) is -0.968. The van der Waals surface area contributed by atoms with Crippen LogP contribution < -0.4 is 5.32 Å². The second kappa shape index (κ2) is 8.80. The topological polar surface area (TPSA) is 72.9 Å². The number of hydrogen-bond acceptors (Lipinski definition) is 4. The summed E-state index contributed by atoms with van der Waals surface area (Å²) < 4.78 is 13.7. The van der Waals surface area contributed by atoms with E-state index in [0.29, 0.717) is 24.9 Å². The van der Waals surface area contributed by atoms with Crippen molar-refractivity contribution in [3.05, 3.63) is 35.6 Å². The Balaban J connectivity index is 1.53. The lowest BCUT2D eigenvalue weighted by Crippen LogP contribution is -2.41. The third-order valence-corrected chi connectivity index (χ3v) is 5.56. The van der Waals surface area contributed by atoms with Crippen LogP contribution in [-0.4, -0.2) is 72.1 Å². The van der Waals surface area contributed by atoms with E-state index in [1.54, 1.807) is 18.2 Å². The molecule has 2 amide bonds. The lowest BCUT2D eigenvalue weighted by molar-refractivity contribution is -0.135. The molecule has 2 aliphatic rings. The van der Waals surface area contributed by atoms with Crippen LogP contribution in [0.25, 0.3) is 0 Å². The van der Waals surface area contributed by atoms with Crippen LogP contribution in [0.2, 0.25) is 0 Å². The molecule has 1 saturated heterocycles. The first kappa shape index (κ1) is 19.8. The number of aliphatic hydroxyl groups is 1. The normalized spacial score (nSPS) is 26.6. The van der Waals surface area contributed by atoms with Crippen LogP contribution in [0.3, 0.4) is 0 Å². The zero-order chi connectivity index (χ0) is 19.4. The summed E-state index contributed by atoms with van der Waals surface area (Å²) in [5, 5.41) is 13.1. The van der Waals surface area contributed by atoms with Crippen molar-refractivity contribution in [2.24, 2.45) is 5.92 Å². The first-order valence-corrected chi connectivity index (χ1v) is 9.62. The summed E-state index contributed by atoms with van der Waals surface area (Å²) in [5.41, 5.74) is 0.323. The van der Waals surface area contributed by atoms with E-state index in [4.69, 9.17) is 0 Å². The first-order chi connectivity index (χ1) is 12.9. The standard InChI is InChI=1S/C20H28FN3O3/c1-23-7-4-8-24(10-9-23)20(27)15-11-17(18(25)12-15)22-19(26)13-14-5-2-3-6-16(14)21/h2-3,5-6,15,17-18,25H,4,7-13H2,1H3,(H,22,26)/t15-,17-,18-/m0/s1. The van der Waals surface area contributed by atoms with Crippen molar-refractivity contribution >= 4 is 11.8 Å². The van der Waals surface area contributed by atoms with Crippen molar-refractivity contribution in [2.45, 2.75) is 37.8 Å². The van der Waals surface area contributed by atoms with Crippen LogP contribution in [0.4, 0.5) is 4.39 Å². The molecule has 0 bridgehead atoms. The van der Waals surface area contributed by atoms with E-state index in [-0.39, 0.29) is 24.2 Å². The average molecular weight is 377 g/mol. The van der Waals surface area contributed by atoms with E-state index in [0.717, 1.165) is 26.1 Å². The highest BCUT2D eigenvalue weighted by Crippen LogP contribution is 2.28. The molecule has 1 heterocycles. The Morgan fingerprint density at radius 3 is 2.74 bits per heavy atom. The molecule has 3 rings (SSSR count). The second-order valence-corrected chi connectivity index (χ2v) is 7.66. The van der Waals surface area contributed by atoms with Gasteiger partial charge in [-0.05, 0) is 44.5 Å². The van der Waals surface area contributed by atoms with Gasteiger partial charge in [0.15, 0.2) is 0 Å². The molecule has 0 spiro atoms. The highest BCUT2D eigenvalue weighted by atomic mass is 19.1. The van der Waals surface area contributed by atoms with Crippen LogP contribution in [0.1, 0.15) is 24.8 Å². The van der Waals surface area contributed by atoms with Crippen molar-refractivity contribution in [1.29, 1.82) is 0 Å². The fourth-order valence-corrected chi connectivity index (χ4v) is 3.97. The van der Waals surface area contributed by atoms with E-state index in [2.05, 4.69) is 17.3 Å². The molecule has 1 aliphatic carbocycles.